The van der Waals surface area contributed by atoms with E-state index in [9.17, 15) is 14.4 Å². The molecule has 1 unspecified atom stereocenters. The van der Waals surface area contributed by atoms with Crippen LogP contribution in [0.5, 0.6) is 0 Å². The summed E-state index contributed by atoms with van der Waals surface area (Å²) in [7, 11) is 0. The van der Waals surface area contributed by atoms with Crippen LogP contribution in [0.25, 0.3) is 11.1 Å². The quantitative estimate of drug-likeness (QED) is 0.583. The maximum absolute atomic E-state index is 12.0. The normalized spacial score (nSPS) is 13.4. The van der Waals surface area contributed by atoms with Crippen molar-refractivity contribution >= 4 is 18.0 Å². The molecule has 0 radical (unpaired) electrons. The standard InChI is InChI=1S/C23H24N2O5/c1-15(22(27)28)13-25-21(26)11-6-12-24-23(29)30-14-20-18-9-4-2-7-16(18)17-8-3-5-10-19(17)20/h2-11,15,20H,12-14H2,1H3,(H,24,29)(H,25,26)(H,27,28)/b11-6+. The van der Waals surface area contributed by atoms with Crippen LogP contribution >= 0.6 is 0 Å². The number of amides is 2. The maximum Gasteiger partial charge on any atom is 0.407 e. The molecule has 7 nitrogen and oxygen atoms in total. The highest BCUT2D eigenvalue weighted by atomic mass is 16.5. The highest BCUT2D eigenvalue weighted by molar-refractivity contribution is 5.88. The Morgan fingerprint density at radius 2 is 1.63 bits per heavy atom. The van der Waals surface area contributed by atoms with Crippen LogP contribution in [0.3, 0.4) is 0 Å². The number of ether oxygens (including phenoxy) is 1. The van der Waals surface area contributed by atoms with E-state index in [0.29, 0.717) is 0 Å². The molecule has 1 aliphatic rings. The number of alkyl carbamates (subject to hydrolysis) is 1. The fourth-order valence-electron chi connectivity index (χ4n) is 3.36. The zero-order valence-corrected chi connectivity index (χ0v) is 16.6. The smallest absolute Gasteiger partial charge is 0.407 e. The van der Waals surface area contributed by atoms with Gasteiger partial charge in [-0.25, -0.2) is 4.79 Å². The average Bonchev–Trinajstić information content (AvgIpc) is 3.07. The fraction of sp³-hybridized carbons (Fsp3) is 0.261. The van der Waals surface area contributed by atoms with E-state index in [1.807, 2.05) is 36.4 Å². The van der Waals surface area contributed by atoms with Crippen molar-refractivity contribution in [2.45, 2.75) is 12.8 Å². The van der Waals surface area contributed by atoms with E-state index >= 15 is 0 Å². The number of carboxylic acids is 1. The number of benzene rings is 2. The summed E-state index contributed by atoms with van der Waals surface area (Å²) in [5.41, 5.74) is 4.60. The van der Waals surface area contributed by atoms with E-state index in [0.717, 1.165) is 22.3 Å². The van der Waals surface area contributed by atoms with Crippen LogP contribution in [0.4, 0.5) is 4.79 Å². The van der Waals surface area contributed by atoms with E-state index in [-0.39, 0.29) is 25.6 Å². The number of hydrogen-bond acceptors (Lipinski definition) is 4. The van der Waals surface area contributed by atoms with Gasteiger partial charge < -0.3 is 20.5 Å². The molecular formula is C23H24N2O5. The molecule has 1 aliphatic carbocycles. The second-order valence-corrected chi connectivity index (χ2v) is 7.09. The van der Waals surface area contributed by atoms with Gasteiger partial charge in [0.2, 0.25) is 5.91 Å². The molecule has 3 rings (SSSR count). The molecule has 0 bridgehead atoms. The molecule has 0 saturated carbocycles. The molecule has 156 valence electrons. The molecule has 0 aliphatic heterocycles. The Kier molecular flexibility index (Phi) is 6.85. The summed E-state index contributed by atoms with van der Waals surface area (Å²) >= 11 is 0. The van der Waals surface area contributed by atoms with E-state index in [4.69, 9.17) is 9.84 Å². The lowest BCUT2D eigenvalue weighted by Crippen LogP contribution is -2.30. The van der Waals surface area contributed by atoms with E-state index in [1.54, 1.807) is 0 Å². The minimum Gasteiger partial charge on any atom is -0.481 e. The van der Waals surface area contributed by atoms with Gasteiger partial charge in [0.05, 0.1) is 5.92 Å². The van der Waals surface area contributed by atoms with Gasteiger partial charge in [-0.3, -0.25) is 9.59 Å². The van der Waals surface area contributed by atoms with Crippen molar-refractivity contribution in [3.63, 3.8) is 0 Å². The van der Waals surface area contributed by atoms with Crippen LogP contribution in [-0.2, 0) is 14.3 Å². The zero-order chi connectivity index (χ0) is 21.5. The lowest BCUT2D eigenvalue weighted by molar-refractivity contribution is -0.141. The van der Waals surface area contributed by atoms with Crippen molar-refractivity contribution in [3.05, 3.63) is 71.8 Å². The van der Waals surface area contributed by atoms with Crippen molar-refractivity contribution in [1.29, 1.82) is 0 Å². The molecule has 2 aromatic carbocycles. The molecule has 0 aromatic heterocycles. The third-order valence-corrected chi connectivity index (χ3v) is 4.98. The van der Waals surface area contributed by atoms with Gasteiger partial charge in [-0.05, 0) is 22.3 Å². The first-order valence-corrected chi connectivity index (χ1v) is 9.73. The van der Waals surface area contributed by atoms with Crippen molar-refractivity contribution < 1.29 is 24.2 Å². The Labute approximate surface area is 174 Å². The molecule has 30 heavy (non-hydrogen) atoms. The largest absolute Gasteiger partial charge is 0.481 e. The summed E-state index contributed by atoms with van der Waals surface area (Å²) in [6.45, 7) is 1.89. The summed E-state index contributed by atoms with van der Waals surface area (Å²) in [6, 6.07) is 16.2. The molecule has 0 saturated heterocycles. The molecule has 3 N–H and O–H groups in total. The van der Waals surface area contributed by atoms with Crippen LogP contribution in [0.1, 0.15) is 24.0 Å². The second kappa shape index (κ2) is 9.73. The Hall–Kier alpha value is -3.61. The van der Waals surface area contributed by atoms with Crippen LogP contribution < -0.4 is 10.6 Å². The first-order chi connectivity index (χ1) is 14.5. The van der Waals surface area contributed by atoms with Crippen molar-refractivity contribution in [3.8, 4) is 11.1 Å². The summed E-state index contributed by atoms with van der Waals surface area (Å²) in [6.07, 6.45) is 2.15. The highest BCUT2D eigenvalue weighted by Crippen LogP contribution is 2.44. The molecular weight excluding hydrogens is 384 g/mol. The Balaban J connectivity index is 1.45. The predicted molar refractivity (Wildman–Crippen MR) is 112 cm³/mol. The number of fused-ring (bicyclic) bond motifs is 3. The lowest BCUT2D eigenvalue weighted by atomic mass is 9.98. The second-order valence-electron chi connectivity index (χ2n) is 7.09. The van der Waals surface area contributed by atoms with E-state index in [2.05, 4.69) is 22.8 Å². The van der Waals surface area contributed by atoms with Crippen LogP contribution in [0, 0.1) is 5.92 Å². The Bertz CT molecular complexity index is 924. The number of aliphatic carboxylic acids is 1. The monoisotopic (exact) mass is 408 g/mol. The van der Waals surface area contributed by atoms with Gasteiger partial charge in [0.25, 0.3) is 0 Å². The number of rotatable bonds is 8. The zero-order valence-electron chi connectivity index (χ0n) is 16.6. The number of carbonyl (C=O) groups is 3. The molecule has 1 atom stereocenters. The highest BCUT2D eigenvalue weighted by Gasteiger charge is 2.28. The van der Waals surface area contributed by atoms with Crippen LogP contribution in [-0.4, -0.2) is 42.8 Å². The average molecular weight is 408 g/mol. The van der Waals surface area contributed by atoms with Crippen molar-refractivity contribution in [2.24, 2.45) is 5.92 Å². The van der Waals surface area contributed by atoms with Gasteiger partial charge in [-0.2, -0.15) is 0 Å². The first kappa shape index (κ1) is 21.1. The molecule has 0 fully saturated rings. The topological polar surface area (TPSA) is 105 Å². The Morgan fingerprint density at radius 3 is 2.23 bits per heavy atom. The minimum absolute atomic E-state index is 0.0132. The number of nitrogens with one attached hydrogen (secondary N) is 2. The van der Waals surface area contributed by atoms with Gasteiger partial charge >= 0.3 is 12.1 Å². The summed E-state index contributed by atoms with van der Waals surface area (Å²) in [5.74, 6) is -2.07. The van der Waals surface area contributed by atoms with Gasteiger partial charge in [0.15, 0.2) is 0 Å². The minimum atomic E-state index is -0.976. The lowest BCUT2D eigenvalue weighted by Gasteiger charge is -2.14. The van der Waals surface area contributed by atoms with Gasteiger partial charge in [-0.15, -0.1) is 0 Å². The van der Waals surface area contributed by atoms with Gasteiger partial charge in [-0.1, -0.05) is 61.5 Å². The summed E-state index contributed by atoms with van der Waals surface area (Å²) < 4.78 is 5.40. The van der Waals surface area contributed by atoms with Crippen molar-refractivity contribution in [1.82, 2.24) is 10.6 Å². The molecule has 2 aromatic rings. The molecule has 7 heteroatoms. The summed E-state index contributed by atoms with van der Waals surface area (Å²) in [5, 5.41) is 13.8. The maximum atomic E-state index is 12.0. The number of carboxylic acid groups (broad SMARTS) is 1. The third kappa shape index (κ3) is 5.05. The third-order valence-electron chi connectivity index (χ3n) is 4.98. The van der Waals surface area contributed by atoms with Crippen LogP contribution in [0.15, 0.2) is 60.7 Å². The van der Waals surface area contributed by atoms with Gasteiger partial charge in [0, 0.05) is 25.1 Å². The van der Waals surface area contributed by atoms with E-state index in [1.165, 1.54) is 19.1 Å². The van der Waals surface area contributed by atoms with Gasteiger partial charge in [0.1, 0.15) is 6.61 Å². The summed E-state index contributed by atoms with van der Waals surface area (Å²) in [4.78, 5) is 34.3. The number of hydrogen-bond donors (Lipinski definition) is 3. The van der Waals surface area contributed by atoms with Crippen LogP contribution in [0.2, 0.25) is 0 Å². The molecule has 0 heterocycles. The fourth-order valence-corrected chi connectivity index (χ4v) is 3.36. The number of carbonyl (C=O) groups excluding carboxylic acids is 2. The van der Waals surface area contributed by atoms with Crippen molar-refractivity contribution in [2.75, 3.05) is 19.7 Å². The molecule has 0 spiro atoms. The first-order valence-electron chi connectivity index (χ1n) is 9.73. The SMILES string of the molecule is CC(CNC(=O)/C=C/CNC(=O)OCC1c2ccccc2-c2ccccc21)C(=O)O. The molecule has 2 amide bonds. The Morgan fingerprint density at radius 1 is 1.03 bits per heavy atom. The van der Waals surface area contributed by atoms with E-state index < -0.39 is 23.9 Å². The predicted octanol–water partition coefficient (Wildman–Crippen LogP) is 2.92.